The van der Waals surface area contributed by atoms with Crippen LogP contribution in [0.25, 0.3) is 43.8 Å². The van der Waals surface area contributed by atoms with Gasteiger partial charge in [0.1, 0.15) is 0 Å². The van der Waals surface area contributed by atoms with Crippen molar-refractivity contribution < 1.29 is 20.8 Å². The summed E-state index contributed by atoms with van der Waals surface area (Å²) in [7, 11) is 8.48. The first-order valence-corrected chi connectivity index (χ1v) is 38.1. The second kappa shape index (κ2) is 19.5. The van der Waals surface area contributed by atoms with Gasteiger partial charge < -0.3 is 0 Å². The Morgan fingerprint density at radius 2 is 0.900 bits per heavy atom. The molecule has 0 nitrogen and oxygen atoms in total. The normalized spacial score (nSPS) is 22.8. The van der Waals surface area contributed by atoms with Gasteiger partial charge in [0.15, 0.2) is 0 Å². The summed E-state index contributed by atoms with van der Waals surface area (Å²) < 4.78 is 0. The summed E-state index contributed by atoms with van der Waals surface area (Å²) in [4.78, 5) is 0. The molecule has 0 heterocycles. The van der Waals surface area contributed by atoms with Crippen LogP contribution in [0.1, 0.15) is 75.3 Å². The molecule has 6 heteroatoms. The molecule has 0 unspecified atom stereocenters. The van der Waals surface area contributed by atoms with Crippen LogP contribution in [-0.4, -0.2) is 25.7 Å². The summed E-state index contributed by atoms with van der Waals surface area (Å²) in [5.74, 6) is 2.07. The monoisotopic (exact) mass is 960 g/mol. The van der Waals surface area contributed by atoms with Gasteiger partial charge >= 0.3 is 37.9 Å². The van der Waals surface area contributed by atoms with Crippen LogP contribution in [0.4, 0.5) is 0 Å². The van der Waals surface area contributed by atoms with Crippen molar-refractivity contribution in [3.63, 3.8) is 0 Å². The van der Waals surface area contributed by atoms with Gasteiger partial charge in [-0.25, -0.2) is 0 Å². The third-order valence-corrected chi connectivity index (χ3v) is 18.8. The summed E-state index contributed by atoms with van der Waals surface area (Å²) in [6.07, 6.45) is 17.3. The van der Waals surface area contributed by atoms with Crippen molar-refractivity contribution in [2.24, 2.45) is 22.7 Å². The number of benzene rings is 4. The molecular formula is C54H68Cl2Si3Zr. The fourth-order valence-electron chi connectivity index (χ4n) is 11.6. The molecule has 4 saturated carbocycles. The second-order valence-corrected chi connectivity index (χ2v) is 36.1. The summed E-state index contributed by atoms with van der Waals surface area (Å²) in [6, 6.07) is 42.4. The molecule has 314 valence electrons. The Morgan fingerprint density at radius 3 is 1.18 bits per heavy atom. The van der Waals surface area contributed by atoms with Gasteiger partial charge in [-0.3, -0.25) is 0 Å². The Hall–Kier alpha value is -1.79. The van der Waals surface area contributed by atoms with E-state index in [2.05, 4.69) is 162 Å². The Labute approximate surface area is 386 Å². The third kappa shape index (κ3) is 10.8. The fraction of sp³-hybridized carbons (Fsp3) is 0.444. The minimum atomic E-state index is -1.24. The molecular weight excluding hydrogens is 895 g/mol. The average molecular weight is 964 g/mol. The fourth-order valence-corrected chi connectivity index (χ4v) is 13.9. The van der Waals surface area contributed by atoms with Gasteiger partial charge in [-0.1, -0.05) is 135 Å². The van der Waals surface area contributed by atoms with Crippen LogP contribution >= 0.6 is 17.0 Å². The molecule has 2 radical (unpaired) electrons. The van der Waals surface area contributed by atoms with Gasteiger partial charge in [-0.2, -0.15) is 12.1 Å². The van der Waals surface area contributed by atoms with E-state index < -0.39 is 37.0 Å². The molecule has 60 heavy (non-hydrogen) atoms. The molecule has 0 aliphatic heterocycles. The molecule has 0 N–H and O–H groups in total. The van der Waals surface area contributed by atoms with Crippen molar-refractivity contribution in [1.29, 1.82) is 0 Å². The first kappa shape index (κ1) is 46.2. The summed E-state index contributed by atoms with van der Waals surface area (Å²) >= 11 is -0.826. The maximum atomic E-state index is 4.93. The Kier molecular flexibility index (Phi) is 15.0. The van der Waals surface area contributed by atoms with E-state index in [1.165, 1.54) is 131 Å². The molecule has 0 saturated heterocycles. The van der Waals surface area contributed by atoms with Crippen LogP contribution in [0, 0.1) is 22.7 Å². The first-order valence-electron chi connectivity index (χ1n) is 22.8. The molecule has 0 amide bonds. The van der Waals surface area contributed by atoms with Crippen LogP contribution in [0.15, 0.2) is 109 Å². The zero-order valence-electron chi connectivity index (χ0n) is 37.8. The van der Waals surface area contributed by atoms with E-state index in [0.29, 0.717) is 10.8 Å². The van der Waals surface area contributed by atoms with Gasteiger partial charge in [-0.05, 0) is 111 Å². The minimum absolute atomic E-state index is 0.633. The number of rotatable bonds is 8. The third-order valence-electron chi connectivity index (χ3n) is 14.7. The van der Waals surface area contributed by atoms with Crippen molar-refractivity contribution in [1.82, 2.24) is 0 Å². The zero-order chi connectivity index (χ0) is 42.7. The van der Waals surface area contributed by atoms with Crippen LogP contribution in [0.5, 0.6) is 0 Å². The predicted octanol–water partition coefficient (Wildman–Crippen LogP) is 16.0. The standard InChI is InChI=1S/2C26H31Si.C2H6Si.2ClH.Zr/c2*1-27(2,3)23-9-7-21(8-10-23)24-6-4-5-22-15-20(16-25(22)24)18-26-13-11-19(17-26)12-14-26;1-3-2;;;/h2*4-10,15-16,19H,11-14,17-18H2,1-3H3;1-2H3;2*1H;/q2*-1;;;;+4/p-2. The number of fused-ring (bicyclic) bond motifs is 6. The van der Waals surface area contributed by atoms with Gasteiger partial charge in [0.25, 0.3) is 0 Å². The first-order chi connectivity index (χ1) is 28.7. The van der Waals surface area contributed by atoms with E-state index in [1.807, 2.05) is 0 Å². The molecule has 0 aromatic heterocycles. The quantitative estimate of drug-likeness (QED) is 0.105. The van der Waals surface area contributed by atoms with Crippen molar-refractivity contribution in [3.8, 4) is 22.3 Å². The Bertz CT molecular complexity index is 2140. The predicted molar refractivity (Wildman–Crippen MR) is 271 cm³/mol. The van der Waals surface area contributed by atoms with E-state index in [0.717, 1.165) is 21.4 Å². The van der Waals surface area contributed by atoms with Crippen molar-refractivity contribution >= 4 is 74.6 Å². The van der Waals surface area contributed by atoms with Crippen LogP contribution in [0.3, 0.4) is 0 Å². The van der Waals surface area contributed by atoms with Gasteiger partial charge in [0, 0.05) is 9.52 Å². The van der Waals surface area contributed by atoms with E-state index >= 15 is 0 Å². The molecule has 0 atom stereocenters. The average Bonchev–Trinajstić information content (AvgIpc) is 4.09. The maximum absolute atomic E-state index is 4.93. The van der Waals surface area contributed by atoms with E-state index in [-0.39, 0.29) is 0 Å². The van der Waals surface area contributed by atoms with Gasteiger partial charge in [-0.15, -0.1) is 69.1 Å². The van der Waals surface area contributed by atoms with E-state index in [1.54, 1.807) is 11.1 Å². The van der Waals surface area contributed by atoms with Crippen LogP contribution < -0.4 is 10.4 Å². The molecule has 6 aromatic rings. The topological polar surface area (TPSA) is 0 Å². The van der Waals surface area contributed by atoms with Gasteiger partial charge in [0.2, 0.25) is 0 Å². The van der Waals surface area contributed by atoms with Crippen molar-refractivity contribution in [3.05, 3.63) is 120 Å². The van der Waals surface area contributed by atoms with Crippen molar-refractivity contribution in [2.75, 3.05) is 0 Å². The van der Waals surface area contributed by atoms with Gasteiger partial charge in [0.05, 0.1) is 16.1 Å². The summed E-state index contributed by atoms with van der Waals surface area (Å²) in [6.45, 7) is 18.8. The van der Waals surface area contributed by atoms with Crippen LogP contribution in [0.2, 0.25) is 52.4 Å². The molecule has 4 aliphatic rings. The molecule has 4 aliphatic carbocycles. The summed E-state index contributed by atoms with van der Waals surface area (Å²) in [5.41, 5.74) is 9.92. The molecule has 10 rings (SSSR count). The molecule has 6 aromatic carbocycles. The van der Waals surface area contributed by atoms with E-state index in [9.17, 15) is 0 Å². The number of halogens is 2. The Morgan fingerprint density at radius 1 is 0.567 bits per heavy atom. The molecule has 4 bridgehead atoms. The number of hydrogen-bond acceptors (Lipinski definition) is 0. The SMILES string of the molecule is C[Si](C)(C)c1ccc(-c2cccc3[cH-]c(CC45CCC(CC4)C5)cc23)cc1.C[Si](C)(C)c1ccc(-c2cccc3[cH-]c(CC45CCC(CC4)C5)cc23)cc1.C[Si]C.[Cl][Zr+2][Cl]. The number of hydrogen-bond donors (Lipinski definition) is 0. The zero-order valence-corrected chi connectivity index (χ0v) is 44.8. The Balaban J connectivity index is 0.000000161. The second-order valence-electron chi connectivity index (χ2n) is 21.2. The van der Waals surface area contributed by atoms with E-state index in [4.69, 9.17) is 17.0 Å². The summed E-state index contributed by atoms with van der Waals surface area (Å²) in [5, 5.41) is 8.80. The molecule has 4 fully saturated rings. The van der Waals surface area contributed by atoms with Crippen LogP contribution in [-0.2, 0) is 33.7 Å². The van der Waals surface area contributed by atoms with Crippen molar-refractivity contribution in [2.45, 2.75) is 129 Å². The molecule has 0 spiro atoms.